The first-order chi connectivity index (χ1) is 4.63. The van der Waals surface area contributed by atoms with Crippen LogP contribution in [0.15, 0.2) is 10.2 Å². The highest BCUT2D eigenvalue weighted by atomic mass is 15.3. The zero-order valence-electron chi connectivity index (χ0n) is 7.20. The summed E-state index contributed by atoms with van der Waals surface area (Å²) in [7, 11) is 7.87. The molecule has 0 heterocycles. The number of azo groups is 1. The minimum atomic E-state index is 0.674. The maximum absolute atomic E-state index is 3.92. The van der Waals surface area contributed by atoms with Crippen LogP contribution in [0.4, 0.5) is 0 Å². The minimum absolute atomic E-state index is 0.674. The van der Waals surface area contributed by atoms with Crippen molar-refractivity contribution in [3.8, 4) is 0 Å². The molecule has 0 spiro atoms. The van der Waals surface area contributed by atoms with E-state index in [-0.39, 0.29) is 0 Å². The summed E-state index contributed by atoms with van der Waals surface area (Å²) in [5.41, 5.74) is 0. The Morgan fingerprint density at radius 3 is 1.30 bits per heavy atom. The van der Waals surface area contributed by atoms with Gasteiger partial charge in [-0.2, -0.15) is 10.2 Å². The largest absolute Gasteiger partial charge is 0.289 e. The third kappa shape index (κ3) is 7.52. The van der Waals surface area contributed by atoms with Gasteiger partial charge in [0.05, 0.1) is 0 Å². The molecule has 0 atom stereocenters. The fourth-order valence-corrected chi connectivity index (χ4v) is 0.342. The summed E-state index contributed by atoms with van der Waals surface area (Å²) in [6, 6.07) is 0. The van der Waals surface area contributed by atoms with Gasteiger partial charge in [0.1, 0.15) is 13.3 Å². The van der Waals surface area contributed by atoms with Gasteiger partial charge < -0.3 is 0 Å². The van der Waals surface area contributed by atoms with Crippen LogP contribution in [0.5, 0.6) is 0 Å². The molecule has 0 radical (unpaired) electrons. The lowest BCUT2D eigenvalue weighted by Gasteiger charge is -2.04. The first-order valence-electron chi connectivity index (χ1n) is 3.25. The molecule has 0 fully saturated rings. The van der Waals surface area contributed by atoms with Crippen molar-refractivity contribution in [1.29, 1.82) is 0 Å². The molecule has 0 rings (SSSR count). The summed E-state index contributed by atoms with van der Waals surface area (Å²) >= 11 is 0. The zero-order valence-corrected chi connectivity index (χ0v) is 7.20. The van der Waals surface area contributed by atoms with Crippen LogP contribution in [0.3, 0.4) is 0 Å². The Morgan fingerprint density at radius 1 is 0.800 bits per heavy atom. The molecule has 0 aromatic rings. The SMILES string of the molecule is CN(C)CN=NCN(C)C. The van der Waals surface area contributed by atoms with Gasteiger partial charge in [0.2, 0.25) is 0 Å². The lowest BCUT2D eigenvalue weighted by Crippen LogP contribution is -2.13. The predicted octanol–water partition coefficient (Wildman–Crippen LogP) is 0.477. The van der Waals surface area contributed by atoms with Crippen molar-refractivity contribution >= 4 is 0 Å². The van der Waals surface area contributed by atoms with Gasteiger partial charge in [-0.25, -0.2) is 0 Å². The third-order valence-electron chi connectivity index (χ3n) is 0.792. The summed E-state index contributed by atoms with van der Waals surface area (Å²) in [6.07, 6.45) is 0. The Labute approximate surface area is 62.5 Å². The van der Waals surface area contributed by atoms with Crippen LogP contribution in [-0.4, -0.2) is 51.3 Å². The summed E-state index contributed by atoms with van der Waals surface area (Å²) in [5.74, 6) is 0. The van der Waals surface area contributed by atoms with Gasteiger partial charge in [-0.05, 0) is 28.2 Å². The Balaban J connectivity index is 3.20. The van der Waals surface area contributed by atoms with Crippen LogP contribution in [0.2, 0.25) is 0 Å². The number of hydrogen-bond donors (Lipinski definition) is 0. The van der Waals surface area contributed by atoms with Crippen molar-refractivity contribution in [2.45, 2.75) is 0 Å². The second kappa shape index (κ2) is 5.32. The standard InChI is InChI=1S/C6H16N4/c1-9(2)5-7-8-6-10(3)4/h5-6H2,1-4H3. The predicted molar refractivity (Wildman–Crippen MR) is 42.0 cm³/mol. The lowest BCUT2D eigenvalue weighted by atomic mass is 10.9. The summed E-state index contributed by atoms with van der Waals surface area (Å²) in [4.78, 5) is 3.94. The summed E-state index contributed by atoms with van der Waals surface area (Å²) < 4.78 is 0. The van der Waals surface area contributed by atoms with Crippen molar-refractivity contribution in [3.05, 3.63) is 0 Å². The molecule has 60 valence electrons. The highest BCUT2D eigenvalue weighted by molar-refractivity contribution is 4.36. The number of rotatable bonds is 4. The quantitative estimate of drug-likeness (QED) is 0.537. The highest BCUT2D eigenvalue weighted by Gasteiger charge is 1.84. The van der Waals surface area contributed by atoms with Crippen molar-refractivity contribution < 1.29 is 0 Å². The van der Waals surface area contributed by atoms with E-state index in [4.69, 9.17) is 0 Å². The Kier molecular flexibility index (Phi) is 5.06. The average Bonchev–Trinajstić information content (AvgIpc) is 1.79. The molecule has 0 bridgehead atoms. The van der Waals surface area contributed by atoms with Crippen molar-refractivity contribution in [1.82, 2.24) is 9.80 Å². The number of nitrogens with zero attached hydrogens (tertiary/aromatic N) is 4. The monoisotopic (exact) mass is 144 g/mol. The van der Waals surface area contributed by atoms with E-state index in [0.29, 0.717) is 13.3 Å². The Hall–Kier alpha value is -0.480. The van der Waals surface area contributed by atoms with E-state index in [1.807, 2.05) is 38.0 Å². The maximum Gasteiger partial charge on any atom is 0.112 e. The van der Waals surface area contributed by atoms with Gasteiger partial charge in [-0.3, -0.25) is 9.80 Å². The molecule has 10 heavy (non-hydrogen) atoms. The summed E-state index contributed by atoms with van der Waals surface area (Å²) in [6.45, 7) is 1.35. The van der Waals surface area contributed by atoms with Gasteiger partial charge in [0.15, 0.2) is 0 Å². The maximum atomic E-state index is 3.92. The summed E-state index contributed by atoms with van der Waals surface area (Å²) in [5, 5.41) is 7.84. The Bertz CT molecular complexity index is 85.9. The topological polar surface area (TPSA) is 31.2 Å². The van der Waals surface area contributed by atoms with E-state index in [2.05, 4.69) is 10.2 Å². The molecule has 0 N–H and O–H groups in total. The first-order valence-corrected chi connectivity index (χ1v) is 3.25. The molecule has 0 aromatic heterocycles. The van der Waals surface area contributed by atoms with Crippen molar-refractivity contribution in [2.24, 2.45) is 10.2 Å². The fourth-order valence-electron chi connectivity index (χ4n) is 0.342. The molecule has 0 unspecified atom stereocenters. The molecule has 0 aliphatic carbocycles. The van der Waals surface area contributed by atoms with Crippen LogP contribution in [0.25, 0.3) is 0 Å². The van der Waals surface area contributed by atoms with Gasteiger partial charge >= 0.3 is 0 Å². The average molecular weight is 144 g/mol. The van der Waals surface area contributed by atoms with Crippen LogP contribution in [0.1, 0.15) is 0 Å². The second-order valence-corrected chi connectivity index (χ2v) is 2.73. The van der Waals surface area contributed by atoms with Gasteiger partial charge in [0, 0.05) is 0 Å². The van der Waals surface area contributed by atoms with E-state index in [0.717, 1.165) is 0 Å². The van der Waals surface area contributed by atoms with Gasteiger partial charge in [-0.1, -0.05) is 0 Å². The molecular weight excluding hydrogens is 128 g/mol. The molecule has 0 aliphatic heterocycles. The van der Waals surface area contributed by atoms with Crippen LogP contribution >= 0.6 is 0 Å². The van der Waals surface area contributed by atoms with Gasteiger partial charge in [-0.15, -0.1) is 0 Å². The van der Waals surface area contributed by atoms with Crippen LogP contribution in [0, 0.1) is 0 Å². The molecular formula is C6H16N4. The van der Waals surface area contributed by atoms with Gasteiger partial charge in [0.25, 0.3) is 0 Å². The van der Waals surface area contributed by atoms with E-state index in [9.17, 15) is 0 Å². The minimum Gasteiger partial charge on any atom is -0.289 e. The van der Waals surface area contributed by atoms with Crippen LogP contribution < -0.4 is 0 Å². The van der Waals surface area contributed by atoms with E-state index < -0.39 is 0 Å². The van der Waals surface area contributed by atoms with Crippen LogP contribution in [-0.2, 0) is 0 Å². The zero-order chi connectivity index (χ0) is 7.98. The lowest BCUT2D eigenvalue weighted by molar-refractivity contribution is 0.382. The highest BCUT2D eigenvalue weighted by Crippen LogP contribution is 1.80. The molecule has 0 aliphatic rings. The fraction of sp³-hybridized carbons (Fsp3) is 1.00. The Morgan fingerprint density at radius 2 is 1.10 bits per heavy atom. The molecule has 0 saturated carbocycles. The number of hydrogen-bond acceptors (Lipinski definition) is 4. The van der Waals surface area contributed by atoms with Crippen molar-refractivity contribution in [2.75, 3.05) is 41.5 Å². The third-order valence-corrected chi connectivity index (χ3v) is 0.792. The van der Waals surface area contributed by atoms with E-state index in [1.54, 1.807) is 0 Å². The first kappa shape index (κ1) is 9.52. The molecule has 0 amide bonds. The normalized spacial score (nSPS) is 12.2. The molecule has 4 heteroatoms. The van der Waals surface area contributed by atoms with E-state index in [1.165, 1.54) is 0 Å². The molecule has 0 aromatic carbocycles. The smallest absolute Gasteiger partial charge is 0.112 e. The molecule has 0 saturated heterocycles. The second-order valence-electron chi connectivity index (χ2n) is 2.73. The molecule has 4 nitrogen and oxygen atoms in total. The van der Waals surface area contributed by atoms with Crippen molar-refractivity contribution in [3.63, 3.8) is 0 Å². The van der Waals surface area contributed by atoms with E-state index >= 15 is 0 Å².